The number of aliphatic hydroxyl groups is 4. The molecule has 5 atom stereocenters. The highest BCUT2D eigenvalue weighted by atomic mass is 16.7. The number of rotatable bonds is 3. The number of hydrogen-bond acceptors (Lipinski definition) is 6. The normalized spacial score (nSPS) is 35.1. The van der Waals surface area contributed by atoms with Crippen LogP contribution in [0.15, 0.2) is 24.3 Å². The molecule has 0 amide bonds. The van der Waals surface area contributed by atoms with Crippen molar-refractivity contribution in [1.82, 2.24) is 0 Å². The first-order valence-corrected chi connectivity index (χ1v) is 6.07. The topological polar surface area (TPSA) is 99.4 Å². The van der Waals surface area contributed by atoms with Gasteiger partial charge in [0.1, 0.15) is 30.2 Å². The Morgan fingerprint density at radius 3 is 2.42 bits per heavy atom. The highest BCUT2D eigenvalue weighted by molar-refractivity contribution is 5.31. The first-order valence-electron chi connectivity index (χ1n) is 6.07. The zero-order valence-corrected chi connectivity index (χ0v) is 10.5. The fraction of sp³-hybridized carbons (Fsp3) is 0.538. The number of hydrogen-bond donors (Lipinski definition) is 4. The maximum Gasteiger partial charge on any atom is 0.229 e. The van der Waals surface area contributed by atoms with Gasteiger partial charge in [0.05, 0.1) is 6.61 Å². The van der Waals surface area contributed by atoms with Crippen molar-refractivity contribution in [2.24, 2.45) is 0 Å². The van der Waals surface area contributed by atoms with E-state index in [1.807, 2.05) is 19.1 Å². The maximum absolute atomic E-state index is 9.83. The molecule has 0 radical (unpaired) electrons. The second kappa shape index (κ2) is 5.85. The minimum absolute atomic E-state index is 0.474. The van der Waals surface area contributed by atoms with Crippen molar-refractivity contribution in [2.45, 2.75) is 37.6 Å². The molecule has 1 aromatic rings. The maximum atomic E-state index is 9.83. The van der Waals surface area contributed by atoms with Gasteiger partial charge in [0, 0.05) is 0 Å². The van der Waals surface area contributed by atoms with Crippen LogP contribution in [0.5, 0.6) is 5.75 Å². The summed E-state index contributed by atoms with van der Waals surface area (Å²) in [6, 6.07) is 7.15. The van der Waals surface area contributed by atoms with Gasteiger partial charge < -0.3 is 29.9 Å². The lowest BCUT2D eigenvalue weighted by atomic mass is 9.99. The molecule has 1 fully saturated rings. The lowest BCUT2D eigenvalue weighted by Crippen LogP contribution is -2.60. The Hall–Kier alpha value is -1.18. The SMILES string of the molecule is Cc1ccccc1OC1OC(CO)C(O)C(O)C1O. The van der Waals surface area contributed by atoms with Crippen LogP contribution in [0.1, 0.15) is 5.56 Å². The van der Waals surface area contributed by atoms with Gasteiger partial charge in [0.25, 0.3) is 0 Å². The Labute approximate surface area is 110 Å². The lowest BCUT2D eigenvalue weighted by Gasteiger charge is -2.39. The summed E-state index contributed by atoms with van der Waals surface area (Å²) < 4.78 is 10.8. The molecular weight excluding hydrogens is 252 g/mol. The molecule has 106 valence electrons. The first kappa shape index (κ1) is 14.2. The predicted octanol–water partition coefficient (Wildman–Crippen LogP) is -0.826. The molecular formula is C13H18O6. The number of aliphatic hydroxyl groups excluding tert-OH is 4. The van der Waals surface area contributed by atoms with E-state index in [4.69, 9.17) is 14.6 Å². The molecule has 19 heavy (non-hydrogen) atoms. The molecule has 0 bridgehead atoms. The van der Waals surface area contributed by atoms with Gasteiger partial charge in [-0.2, -0.15) is 0 Å². The fourth-order valence-corrected chi connectivity index (χ4v) is 1.98. The molecule has 0 aliphatic carbocycles. The van der Waals surface area contributed by atoms with Crippen LogP contribution < -0.4 is 4.74 Å². The summed E-state index contributed by atoms with van der Waals surface area (Å²) in [4.78, 5) is 0. The molecule has 6 heteroatoms. The second-order valence-electron chi connectivity index (χ2n) is 4.58. The van der Waals surface area contributed by atoms with Crippen molar-refractivity contribution in [2.75, 3.05) is 6.61 Å². The summed E-state index contributed by atoms with van der Waals surface area (Å²) in [7, 11) is 0. The van der Waals surface area contributed by atoms with Crippen molar-refractivity contribution >= 4 is 0 Å². The van der Waals surface area contributed by atoms with Gasteiger partial charge in [-0.25, -0.2) is 0 Å². The Bertz CT molecular complexity index is 421. The Balaban J connectivity index is 2.13. The van der Waals surface area contributed by atoms with Crippen LogP contribution in [0.25, 0.3) is 0 Å². The predicted molar refractivity (Wildman–Crippen MR) is 65.6 cm³/mol. The smallest absolute Gasteiger partial charge is 0.229 e. The van der Waals surface area contributed by atoms with Crippen LogP contribution in [0.2, 0.25) is 0 Å². The summed E-state index contributed by atoms with van der Waals surface area (Å²) in [5.74, 6) is 0.506. The van der Waals surface area contributed by atoms with E-state index in [2.05, 4.69) is 0 Å². The van der Waals surface area contributed by atoms with E-state index in [-0.39, 0.29) is 0 Å². The first-order chi connectivity index (χ1) is 9.04. The lowest BCUT2D eigenvalue weighted by molar-refractivity contribution is -0.277. The summed E-state index contributed by atoms with van der Waals surface area (Å²) in [6.45, 7) is 1.36. The third-order valence-corrected chi connectivity index (χ3v) is 3.19. The monoisotopic (exact) mass is 270 g/mol. The van der Waals surface area contributed by atoms with Gasteiger partial charge >= 0.3 is 0 Å². The second-order valence-corrected chi connectivity index (χ2v) is 4.58. The number of ether oxygens (including phenoxy) is 2. The van der Waals surface area contributed by atoms with E-state index in [1.54, 1.807) is 12.1 Å². The Kier molecular flexibility index (Phi) is 4.38. The standard InChI is InChI=1S/C13H18O6/c1-7-4-2-3-5-8(7)18-13-12(17)11(16)10(15)9(6-14)19-13/h2-5,9-17H,6H2,1H3. The van der Waals surface area contributed by atoms with Crippen molar-refractivity contribution in [3.8, 4) is 5.75 Å². The molecule has 1 aromatic carbocycles. The molecule has 0 spiro atoms. The van der Waals surface area contributed by atoms with Crippen molar-refractivity contribution in [3.05, 3.63) is 29.8 Å². The van der Waals surface area contributed by atoms with Crippen molar-refractivity contribution in [1.29, 1.82) is 0 Å². The summed E-state index contributed by atoms with van der Waals surface area (Å²) in [5, 5.41) is 38.2. The van der Waals surface area contributed by atoms with Gasteiger partial charge in [-0.3, -0.25) is 0 Å². The largest absolute Gasteiger partial charge is 0.462 e. The van der Waals surface area contributed by atoms with E-state index in [9.17, 15) is 15.3 Å². The van der Waals surface area contributed by atoms with Crippen molar-refractivity contribution < 1.29 is 29.9 Å². The summed E-state index contributed by atoms with van der Waals surface area (Å²) in [6.07, 6.45) is -6.31. The molecule has 2 rings (SSSR count). The molecule has 6 nitrogen and oxygen atoms in total. The highest BCUT2D eigenvalue weighted by Gasteiger charge is 2.44. The molecule has 4 N–H and O–H groups in total. The van der Waals surface area contributed by atoms with E-state index in [0.717, 1.165) is 5.56 Å². The average molecular weight is 270 g/mol. The third kappa shape index (κ3) is 2.88. The molecule has 5 unspecified atom stereocenters. The molecule has 1 saturated heterocycles. The van der Waals surface area contributed by atoms with E-state index >= 15 is 0 Å². The zero-order chi connectivity index (χ0) is 14.0. The van der Waals surface area contributed by atoms with E-state index < -0.39 is 37.3 Å². The van der Waals surface area contributed by atoms with Gasteiger partial charge in [0.2, 0.25) is 6.29 Å². The molecule has 0 saturated carbocycles. The van der Waals surface area contributed by atoms with Crippen LogP contribution in [-0.4, -0.2) is 57.7 Å². The van der Waals surface area contributed by atoms with Crippen LogP contribution in [-0.2, 0) is 4.74 Å². The average Bonchev–Trinajstić information content (AvgIpc) is 2.41. The minimum Gasteiger partial charge on any atom is -0.462 e. The summed E-state index contributed by atoms with van der Waals surface area (Å²) >= 11 is 0. The van der Waals surface area contributed by atoms with Crippen LogP contribution in [0.3, 0.4) is 0 Å². The van der Waals surface area contributed by atoms with Gasteiger partial charge in [0.15, 0.2) is 0 Å². The van der Waals surface area contributed by atoms with Gasteiger partial charge in [-0.05, 0) is 18.6 Å². The minimum atomic E-state index is -1.43. The molecule has 1 aliphatic heterocycles. The zero-order valence-electron chi connectivity index (χ0n) is 10.5. The number of para-hydroxylation sites is 1. The number of benzene rings is 1. The Morgan fingerprint density at radius 2 is 1.79 bits per heavy atom. The van der Waals surface area contributed by atoms with Crippen LogP contribution >= 0.6 is 0 Å². The fourth-order valence-electron chi connectivity index (χ4n) is 1.98. The highest BCUT2D eigenvalue weighted by Crippen LogP contribution is 2.25. The molecule has 1 aliphatic rings. The van der Waals surface area contributed by atoms with Gasteiger partial charge in [-0.1, -0.05) is 18.2 Å². The summed E-state index contributed by atoms with van der Waals surface area (Å²) in [5.41, 5.74) is 0.847. The Morgan fingerprint density at radius 1 is 1.11 bits per heavy atom. The molecule has 1 heterocycles. The van der Waals surface area contributed by atoms with Crippen molar-refractivity contribution in [3.63, 3.8) is 0 Å². The van der Waals surface area contributed by atoms with Gasteiger partial charge in [-0.15, -0.1) is 0 Å². The number of aryl methyl sites for hydroxylation is 1. The molecule has 0 aromatic heterocycles. The quantitative estimate of drug-likeness (QED) is 0.572. The third-order valence-electron chi connectivity index (χ3n) is 3.19. The van der Waals surface area contributed by atoms with Crippen LogP contribution in [0.4, 0.5) is 0 Å². The van der Waals surface area contributed by atoms with E-state index in [0.29, 0.717) is 5.75 Å². The van der Waals surface area contributed by atoms with E-state index in [1.165, 1.54) is 0 Å². The van der Waals surface area contributed by atoms with Crippen LogP contribution in [0, 0.1) is 6.92 Å².